The second-order valence-corrected chi connectivity index (χ2v) is 5.84. The molecule has 23 heavy (non-hydrogen) atoms. The Morgan fingerprint density at radius 1 is 1.17 bits per heavy atom. The van der Waals surface area contributed by atoms with Crippen LogP contribution in [0.2, 0.25) is 0 Å². The first-order chi connectivity index (χ1) is 11.2. The monoisotopic (exact) mass is 310 g/mol. The molecule has 0 unspecified atom stereocenters. The van der Waals surface area contributed by atoms with Gasteiger partial charge in [0.15, 0.2) is 0 Å². The zero-order valence-electron chi connectivity index (χ0n) is 13.4. The van der Waals surface area contributed by atoms with Crippen molar-refractivity contribution in [2.75, 3.05) is 30.4 Å². The summed E-state index contributed by atoms with van der Waals surface area (Å²) in [7, 11) is 2.13. The van der Waals surface area contributed by atoms with Gasteiger partial charge in [0, 0.05) is 38.1 Å². The van der Waals surface area contributed by atoms with E-state index in [1.165, 1.54) is 5.69 Å². The normalized spacial score (nSPS) is 15.3. The van der Waals surface area contributed by atoms with E-state index in [0.717, 1.165) is 31.6 Å². The van der Waals surface area contributed by atoms with Crippen molar-refractivity contribution >= 4 is 17.4 Å². The number of urea groups is 1. The lowest BCUT2D eigenvalue weighted by atomic mass is 10.0. The smallest absolute Gasteiger partial charge is 0.321 e. The van der Waals surface area contributed by atoms with Crippen molar-refractivity contribution in [3.8, 4) is 0 Å². The second kappa shape index (κ2) is 7.13. The van der Waals surface area contributed by atoms with E-state index in [-0.39, 0.29) is 6.03 Å². The molecule has 0 atom stereocenters. The molecule has 1 aliphatic rings. The molecular formula is C18H22N4O. The number of nitrogens with zero attached hydrogens (tertiary/aromatic N) is 3. The number of likely N-dealkylation sites (tertiary alicyclic amines) is 1. The van der Waals surface area contributed by atoms with Crippen LogP contribution in [-0.4, -0.2) is 42.1 Å². The van der Waals surface area contributed by atoms with Crippen LogP contribution in [0, 0.1) is 0 Å². The quantitative estimate of drug-likeness (QED) is 0.947. The number of rotatable bonds is 3. The Bertz CT molecular complexity index is 624. The van der Waals surface area contributed by atoms with Crippen LogP contribution in [0.4, 0.5) is 16.2 Å². The zero-order chi connectivity index (χ0) is 16.1. The number of aromatic nitrogens is 1. The fourth-order valence-corrected chi connectivity index (χ4v) is 2.97. The molecule has 1 aromatic heterocycles. The Morgan fingerprint density at radius 3 is 2.57 bits per heavy atom. The summed E-state index contributed by atoms with van der Waals surface area (Å²) in [4.78, 5) is 20.5. The molecule has 0 spiro atoms. The largest absolute Gasteiger partial charge is 0.371 e. The van der Waals surface area contributed by atoms with Crippen LogP contribution >= 0.6 is 0 Å². The maximum absolute atomic E-state index is 12.3. The van der Waals surface area contributed by atoms with Crippen molar-refractivity contribution in [2.24, 2.45) is 0 Å². The Kier molecular flexibility index (Phi) is 4.76. The molecule has 3 rings (SSSR count). The van der Waals surface area contributed by atoms with Gasteiger partial charge in [0.1, 0.15) is 0 Å². The third-order valence-corrected chi connectivity index (χ3v) is 4.38. The summed E-state index contributed by atoms with van der Waals surface area (Å²) >= 11 is 0. The van der Waals surface area contributed by atoms with Gasteiger partial charge in [-0.15, -0.1) is 0 Å². The van der Waals surface area contributed by atoms with Crippen molar-refractivity contribution < 1.29 is 4.79 Å². The number of carbonyl (C=O) groups is 1. The average molecular weight is 310 g/mol. The summed E-state index contributed by atoms with van der Waals surface area (Å²) in [5.41, 5.74) is 1.96. The molecule has 0 aliphatic carbocycles. The number of nitrogens with one attached hydrogen (secondary N) is 1. The molecule has 1 N–H and O–H groups in total. The number of pyridine rings is 1. The highest BCUT2D eigenvalue weighted by Gasteiger charge is 2.25. The minimum Gasteiger partial charge on any atom is -0.371 e. The lowest BCUT2D eigenvalue weighted by Gasteiger charge is -2.37. The maximum atomic E-state index is 12.3. The first kappa shape index (κ1) is 15.3. The minimum absolute atomic E-state index is 0.0428. The molecule has 1 fully saturated rings. The standard InChI is InChI=1S/C18H22N4O/c1-21(16-7-3-2-4-8-16)17-9-12-22(13-10-17)18(23)20-15-6-5-11-19-14-15/h2-8,11,14,17H,9-10,12-13H2,1H3,(H,20,23). The Balaban J connectivity index is 1.53. The van der Waals surface area contributed by atoms with Gasteiger partial charge in [-0.2, -0.15) is 0 Å². The van der Waals surface area contributed by atoms with Crippen LogP contribution in [0.3, 0.4) is 0 Å². The van der Waals surface area contributed by atoms with E-state index in [9.17, 15) is 4.79 Å². The molecular weight excluding hydrogens is 288 g/mol. The van der Waals surface area contributed by atoms with Crippen molar-refractivity contribution in [3.05, 3.63) is 54.9 Å². The summed E-state index contributed by atoms with van der Waals surface area (Å²) in [6.45, 7) is 1.54. The number of anilines is 2. The predicted molar refractivity (Wildman–Crippen MR) is 92.7 cm³/mol. The first-order valence-electron chi connectivity index (χ1n) is 7.98. The van der Waals surface area contributed by atoms with Crippen LogP contribution in [0.15, 0.2) is 54.9 Å². The SMILES string of the molecule is CN(c1ccccc1)C1CCN(C(=O)Nc2cccnc2)CC1. The highest BCUT2D eigenvalue weighted by Crippen LogP contribution is 2.22. The molecule has 1 aliphatic heterocycles. The maximum Gasteiger partial charge on any atom is 0.321 e. The predicted octanol–water partition coefficient (Wildman–Crippen LogP) is 3.21. The van der Waals surface area contributed by atoms with E-state index < -0.39 is 0 Å². The molecule has 5 heteroatoms. The molecule has 2 amide bonds. The van der Waals surface area contributed by atoms with Gasteiger partial charge in [-0.25, -0.2) is 4.79 Å². The van der Waals surface area contributed by atoms with Crippen LogP contribution in [0.5, 0.6) is 0 Å². The van der Waals surface area contributed by atoms with Gasteiger partial charge < -0.3 is 15.1 Å². The van der Waals surface area contributed by atoms with Gasteiger partial charge >= 0.3 is 6.03 Å². The van der Waals surface area contributed by atoms with Crippen molar-refractivity contribution in [3.63, 3.8) is 0 Å². The summed E-state index contributed by atoms with van der Waals surface area (Å²) < 4.78 is 0. The van der Waals surface area contributed by atoms with Gasteiger partial charge in [0.2, 0.25) is 0 Å². The summed E-state index contributed by atoms with van der Waals surface area (Å²) in [6.07, 6.45) is 5.31. The highest BCUT2D eigenvalue weighted by molar-refractivity contribution is 5.89. The summed E-state index contributed by atoms with van der Waals surface area (Å²) in [5, 5.41) is 2.90. The number of amides is 2. The molecule has 0 saturated carbocycles. The van der Waals surface area contributed by atoms with Crippen LogP contribution in [0.25, 0.3) is 0 Å². The van der Waals surface area contributed by atoms with Crippen molar-refractivity contribution in [1.29, 1.82) is 0 Å². The van der Waals surface area contributed by atoms with Crippen LogP contribution < -0.4 is 10.2 Å². The molecule has 0 radical (unpaired) electrons. The van der Waals surface area contributed by atoms with Gasteiger partial charge in [-0.1, -0.05) is 18.2 Å². The summed E-state index contributed by atoms with van der Waals surface area (Å²) in [5.74, 6) is 0. The number of hydrogen-bond donors (Lipinski definition) is 1. The van der Waals surface area contributed by atoms with E-state index in [0.29, 0.717) is 6.04 Å². The minimum atomic E-state index is -0.0428. The topological polar surface area (TPSA) is 48.5 Å². The molecule has 2 heterocycles. The van der Waals surface area contributed by atoms with Crippen LogP contribution in [-0.2, 0) is 0 Å². The fraction of sp³-hybridized carbons (Fsp3) is 0.333. The Labute approximate surface area is 136 Å². The first-order valence-corrected chi connectivity index (χ1v) is 7.98. The third-order valence-electron chi connectivity index (χ3n) is 4.38. The van der Waals surface area contributed by atoms with Gasteiger partial charge in [0.25, 0.3) is 0 Å². The number of benzene rings is 1. The third kappa shape index (κ3) is 3.80. The van der Waals surface area contributed by atoms with Gasteiger partial charge in [-0.3, -0.25) is 4.98 Å². The molecule has 1 aromatic carbocycles. The van der Waals surface area contributed by atoms with Crippen LogP contribution in [0.1, 0.15) is 12.8 Å². The lowest BCUT2D eigenvalue weighted by Crippen LogP contribution is -2.47. The number of carbonyl (C=O) groups excluding carboxylic acids is 1. The van der Waals surface area contributed by atoms with E-state index in [1.54, 1.807) is 12.4 Å². The molecule has 5 nitrogen and oxygen atoms in total. The van der Waals surface area contributed by atoms with E-state index in [1.807, 2.05) is 23.1 Å². The number of para-hydroxylation sites is 1. The van der Waals surface area contributed by atoms with Gasteiger partial charge in [-0.05, 0) is 37.1 Å². The second-order valence-electron chi connectivity index (χ2n) is 5.84. The molecule has 120 valence electrons. The Hall–Kier alpha value is -2.56. The van der Waals surface area contributed by atoms with Crippen molar-refractivity contribution in [1.82, 2.24) is 9.88 Å². The fourth-order valence-electron chi connectivity index (χ4n) is 2.97. The molecule has 2 aromatic rings. The van der Waals surface area contributed by atoms with E-state index in [2.05, 4.69) is 46.5 Å². The van der Waals surface area contributed by atoms with E-state index in [4.69, 9.17) is 0 Å². The lowest BCUT2D eigenvalue weighted by molar-refractivity contribution is 0.194. The number of piperidine rings is 1. The number of hydrogen-bond acceptors (Lipinski definition) is 3. The average Bonchev–Trinajstić information content (AvgIpc) is 2.63. The van der Waals surface area contributed by atoms with E-state index >= 15 is 0 Å². The molecule has 0 bridgehead atoms. The van der Waals surface area contributed by atoms with Crippen molar-refractivity contribution in [2.45, 2.75) is 18.9 Å². The zero-order valence-corrected chi connectivity index (χ0v) is 13.4. The summed E-state index contributed by atoms with van der Waals surface area (Å²) in [6, 6.07) is 14.5. The van der Waals surface area contributed by atoms with Gasteiger partial charge in [0.05, 0.1) is 11.9 Å². The Morgan fingerprint density at radius 2 is 1.91 bits per heavy atom. The highest BCUT2D eigenvalue weighted by atomic mass is 16.2. The molecule has 1 saturated heterocycles.